The van der Waals surface area contributed by atoms with Gasteiger partial charge in [0.05, 0.1) is 0 Å². The first kappa shape index (κ1) is 17.8. The highest BCUT2D eigenvalue weighted by Gasteiger charge is 2.36. The van der Waals surface area contributed by atoms with Gasteiger partial charge in [0.15, 0.2) is 0 Å². The summed E-state index contributed by atoms with van der Waals surface area (Å²) in [5.41, 5.74) is 0.657. The summed E-state index contributed by atoms with van der Waals surface area (Å²) in [6, 6.07) is 0. The summed E-state index contributed by atoms with van der Waals surface area (Å²) in [5.74, 6) is 0.835. The molecule has 3 aliphatic rings. The van der Waals surface area contributed by atoms with E-state index in [9.17, 15) is 4.79 Å². The third-order valence-corrected chi connectivity index (χ3v) is 5.99. The number of piperidine rings is 1. The molecule has 1 saturated carbocycles. The fraction of sp³-hybridized carbons (Fsp3) is 0.938. The predicted octanol–water partition coefficient (Wildman–Crippen LogP) is 2.26. The van der Waals surface area contributed by atoms with E-state index in [0.29, 0.717) is 18.5 Å². The minimum absolute atomic E-state index is 0. The standard InChI is InChI=1S/C16H29N3O2.ClH/c20-15(21)19-11-9-18(10-12-19)13-14-1-3-16(4-2-14)5-7-17-8-6-16;/h14,17H,1-13H2,(H,20,21);1H. The van der Waals surface area contributed by atoms with Gasteiger partial charge in [0.25, 0.3) is 0 Å². The number of hydrogen-bond acceptors (Lipinski definition) is 3. The molecule has 6 heteroatoms. The SMILES string of the molecule is Cl.O=C(O)N1CCN(CC2CCC3(CCNCC3)CC2)CC1. The summed E-state index contributed by atoms with van der Waals surface area (Å²) in [6.45, 7) is 6.79. The first-order valence-electron chi connectivity index (χ1n) is 8.58. The Labute approximate surface area is 139 Å². The fourth-order valence-electron chi connectivity index (χ4n) is 4.42. The van der Waals surface area contributed by atoms with Crippen LogP contribution in [0, 0.1) is 11.3 Å². The first-order valence-corrected chi connectivity index (χ1v) is 8.58. The van der Waals surface area contributed by atoms with Crippen molar-refractivity contribution in [1.29, 1.82) is 0 Å². The second-order valence-electron chi connectivity index (χ2n) is 7.26. The van der Waals surface area contributed by atoms with Crippen LogP contribution in [-0.4, -0.2) is 66.8 Å². The summed E-state index contributed by atoms with van der Waals surface area (Å²) in [4.78, 5) is 14.9. The van der Waals surface area contributed by atoms with Gasteiger partial charge in [-0.25, -0.2) is 4.79 Å². The third-order valence-electron chi connectivity index (χ3n) is 5.99. The monoisotopic (exact) mass is 331 g/mol. The molecule has 22 heavy (non-hydrogen) atoms. The Morgan fingerprint density at radius 2 is 1.64 bits per heavy atom. The van der Waals surface area contributed by atoms with Crippen molar-refractivity contribution in [3.05, 3.63) is 0 Å². The lowest BCUT2D eigenvalue weighted by atomic mass is 9.65. The van der Waals surface area contributed by atoms with Gasteiger partial charge in [0.1, 0.15) is 0 Å². The van der Waals surface area contributed by atoms with Crippen LogP contribution in [0.15, 0.2) is 0 Å². The van der Waals surface area contributed by atoms with Crippen LogP contribution in [0.5, 0.6) is 0 Å². The molecular formula is C16H30ClN3O2. The van der Waals surface area contributed by atoms with Gasteiger partial charge in [0, 0.05) is 32.7 Å². The maximum Gasteiger partial charge on any atom is 0.407 e. The van der Waals surface area contributed by atoms with Crippen molar-refractivity contribution in [2.24, 2.45) is 11.3 Å². The van der Waals surface area contributed by atoms with Crippen LogP contribution in [0.3, 0.4) is 0 Å². The summed E-state index contributed by atoms with van der Waals surface area (Å²) < 4.78 is 0. The molecule has 1 spiro atoms. The maximum absolute atomic E-state index is 10.9. The van der Waals surface area contributed by atoms with Crippen molar-refractivity contribution in [3.8, 4) is 0 Å². The number of nitrogens with zero attached hydrogens (tertiary/aromatic N) is 2. The molecule has 0 unspecified atom stereocenters. The highest BCUT2D eigenvalue weighted by Crippen LogP contribution is 2.45. The lowest BCUT2D eigenvalue weighted by molar-refractivity contribution is 0.0674. The lowest BCUT2D eigenvalue weighted by Gasteiger charge is -2.44. The molecule has 0 radical (unpaired) electrons. The zero-order valence-electron chi connectivity index (χ0n) is 13.4. The molecule has 2 N–H and O–H groups in total. The second-order valence-corrected chi connectivity index (χ2v) is 7.26. The van der Waals surface area contributed by atoms with Crippen LogP contribution in [0.1, 0.15) is 38.5 Å². The van der Waals surface area contributed by atoms with E-state index in [1.165, 1.54) is 58.2 Å². The van der Waals surface area contributed by atoms with Crippen molar-refractivity contribution < 1.29 is 9.90 Å². The van der Waals surface area contributed by atoms with Gasteiger partial charge in [-0.3, -0.25) is 4.90 Å². The van der Waals surface area contributed by atoms with Gasteiger partial charge in [-0.1, -0.05) is 0 Å². The highest BCUT2D eigenvalue weighted by molar-refractivity contribution is 5.85. The number of amides is 1. The molecule has 5 nitrogen and oxygen atoms in total. The van der Waals surface area contributed by atoms with E-state index in [1.54, 1.807) is 4.90 Å². The number of carbonyl (C=O) groups is 1. The van der Waals surface area contributed by atoms with Crippen molar-refractivity contribution >= 4 is 18.5 Å². The second kappa shape index (κ2) is 7.84. The minimum atomic E-state index is -0.764. The summed E-state index contributed by atoms with van der Waals surface area (Å²) in [7, 11) is 0. The molecule has 3 fully saturated rings. The first-order chi connectivity index (χ1) is 10.2. The highest BCUT2D eigenvalue weighted by atomic mass is 35.5. The Kier molecular flexibility index (Phi) is 6.36. The number of nitrogens with one attached hydrogen (secondary N) is 1. The van der Waals surface area contributed by atoms with Gasteiger partial charge in [0.2, 0.25) is 0 Å². The Balaban J connectivity index is 0.00000176. The van der Waals surface area contributed by atoms with E-state index in [2.05, 4.69) is 10.2 Å². The van der Waals surface area contributed by atoms with Crippen molar-refractivity contribution in [2.45, 2.75) is 38.5 Å². The Morgan fingerprint density at radius 3 is 2.18 bits per heavy atom. The van der Waals surface area contributed by atoms with E-state index >= 15 is 0 Å². The molecule has 1 aliphatic carbocycles. The molecule has 0 bridgehead atoms. The van der Waals surface area contributed by atoms with E-state index in [4.69, 9.17) is 5.11 Å². The van der Waals surface area contributed by atoms with Crippen molar-refractivity contribution in [1.82, 2.24) is 15.1 Å². The molecule has 2 saturated heterocycles. The predicted molar refractivity (Wildman–Crippen MR) is 89.8 cm³/mol. The number of piperazine rings is 1. The molecule has 1 amide bonds. The number of rotatable bonds is 2. The smallest absolute Gasteiger partial charge is 0.407 e. The molecule has 0 aromatic carbocycles. The zero-order chi connectivity index (χ0) is 14.7. The topological polar surface area (TPSA) is 55.8 Å². The molecule has 2 heterocycles. The number of halogens is 1. The molecular weight excluding hydrogens is 302 g/mol. The number of hydrogen-bond donors (Lipinski definition) is 2. The van der Waals surface area contributed by atoms with E-state index in [1.807, 2.05) is 0 Å². The van der Waals surface area contributed by atoms with Crippen LogP contribution >= 0.6 is 12.4 Å². The van der Waals surface area contributed by atoms with Gasteiger partial charge in [-0.05, 0) is 62.9 Å². The van der Waals surface area contributed by atoms with Gasteiger partial charge in [-0.15, -0.1) is 12.4 Å². The van der Waals surface area contributed by atoms with Crippen LogP contribution in [-0.2, 0) is 0 Å². The molecule has 0 atom stereocenters. The average molecular weight is 332 g/mol. The molecule has 128 valence electrons. The quantitative estimate of drug-likeness (QED) is 0.815. The van der Waals surface area contributed by atoms with Crippen LogP contribution in [0.2, 0.25) is 0 Å². The Morgan fingerprint density at radius 1 is 1.05 bits per heavy atom. The lowest BCUT2D eigenvalue weighted by Crippen LogP contribution is -2.50. The largest absolute Gasteiger partial charge is 0.465 e. The Bertz CT molecular complexity index is 356. The van der Waals surface area contributed by atoms with Crippen LogP contribution in [0.25, 0.3) is 0 Å². The van der Waals surface area contributed by atoms with Crippen molar-refractivity contribution in [2.75, 3.05) is 45.8 Å². The van der Waals surface area contributed by atoms with E-state index < -0.39 is 6.09 Å². The summed E-state index contributed by atoms with van der Waals surface area (Å²) in [5, 5.41) is 12.5. The van der Waals surface area contributed by atoms with Gasteiger partial charge >= 0.3 is 6.09 Å². The average Bonchev–Trinajstić information content (AvgIpc) is 2.51. The zero-order valence-corrected chi connectivity index (χ0v) is 14.2. The summed E-state index contributed by atoms with van der Waals surface area (Å²) >= 11 is 0. The normalized spacial score (nSPS) is 26.6. The molecule has 3 rings (SSSR count). The minimum Gasteiger partial charge on any atom is -0.465 e. The number of carboxylic acid groups (broad SMARTS) is 1. The van der Waals surface area contributed by atoms with E-state index in [-0.39, 0.29) is 12.4 Å². The van der Waals surface area contributed by atoms with Gasteiger partial charge < -0.3 is 15.3 Å². The molecule has 0 aromatic heterocycles. The van der Waals surface area contributed by atoms with Gasteiger partial charge in [-0.2, -0.15) is 0 Å². The maximum atomic E-state index is 10.9. The Hall–Kier alpha value is -0.520. The molecule has 2 aliphatic heterocycles. The third kappa shape index (κ3) is 4.27. The molecule has 0 aromatic rings. The summed E-state index contributed by atoms with van der Waals surface area (Å²) in [6.07, 6.45) is 7.55. The fourth-order valence-corrected chi connectivity index (χ4v) is 4.42. The van der Waals surface area contributed by atoms with Crippen LogP contribution < -0.4 is 5.32 Å². The van der Waals surface area contributed by atoms with Crippen molar-refractivity contribution in [3.63, 3.8) is 0 Å². The van der Waals surface area contributed by atoms with Crippen LogP contribution in [0.4, 0.5) is 4.79 Å². The van der Waals surface area contributed by atoms with E-state index in [0.717, 1.165) is 19.0 Å².